The molecule has 0 nitrogen and oxygen atoms in total. The summed E-state index contributed by atoms with van der Waals surface area (Å²) in [6, 6.07) is 0. The average Bonchev–Trinajstić information content (AvgIpc) is 1.85. The zero-order chi connectivity index (χ0) is 6.15. The molecule has 1 rings (SSSR count). The highest BCUT2D eigenvalue weighted by atomic mass is 79.9. The molecule has 0 aromatic rings. The molecule has 0 bridgehead atoms. The third kappa shape index (κ3) is 1.52. The number of hydrogen-bond donors (Lipinski definition) is 0. The van der Waals surface area contributed by atoms with Gasteiger partial charge in [-0.3, -0.25) is 0 Å². The lowest BCUT2D eigenvalue weighted by Gasteiger charge is -1.92. The van der Waals surface area contributed by atoms with E-state index in [0.29, 0.717) is 4.16 Å². The molecule has 0 N–H and O–H groups in total. The van der Waals surface area contributed by atoms with Gasteiger partial charge in [0.15, 0.2) is 0 Å². The standard InChI is InChI=1S/C5H6Br2S/c1-3-4(6)2-5(7)8-3/h5H,2H2,1H3. The number of alkyl halides is 1. The summed E-state index contributed by atoms with van der Waals surface area (Å²) in [7, 11) is 0. The monoisotopic (exact) mass is 256 g/mol. The zero-order valence-electron chi connectivity index (χ0n) is 4.45. The van der Waals surface area contributed by atoms with Gasteiger partial charge in [-0.05, 0) is 11.8 Å². The Morgan fingerprint density at radius 3 is 2.50 bits per heavy atom. The van der Waals surface area contributed by atoms with Crippen LogP contribution >= 0.6 is 43.6 Å². The Labute approximate surface area is 70.4 Å². The summed E-state index contributed by atoms with van der Waals surface area (Å²) in [5, 5.41) is 0. The van der Waals surface area contributed by atoms with E-state index in [1.807, 2.05) is 11.8 Å². The molecule has 0 aliphatic carbocycles. The molecule has 1 heterocycles. The first-order chi connectivity index (χ1) is 3.70. The minimum atomic E-state index is 0.608. The Balaban J connectivity index is 2.60. The van der Waals surface area contributed by atoms with Crippen molar-refractivity contribution in [1.29, 1.82) is 0 Å². The highest BCUT2D eigenvalue weighted by Crippen LogP contribution is 2.42. The molecule has 0 saturated carbocycles. The maximum atomic E-state index is 3.51. The van der Waals surface area contributed by atoms with Gasteiger partial charge in [0.05, 0.1) is 4.16 Å². The Morgan fingerprint density at radius 2 is 2.38 bits per heavy atom. The average molecular weight is 258 g/mol. The third-order valence-electron chi connectivity index (χ3n) is 1.03. The van der Waals surface area contributed by atoms with Crippen LogP contribution in [0, 0.1) is 0 Å². The maximum absolute atomic E-state index is 3.51. The van der Waals surface area contributed by atoms with Gasteiger partial charge in [-0.1, -0.05) is 31.9 Å². The van der Waals surface area contributed by atoms with Crippen molar-refractivity contribution in [2.24, 2.45) is 0 Å². The third-order valence-corrected chi connectivity index (χ3v) is 4.11. The molecule has 0 amide bonds. The van der Waals surface area contributed by atoms with Crippen LogP contribution in [0.3, 0.4) is 0 Å². The zero-order valence-corrected chi connectivity index (χ0v) is 8.44. The van der Waals surface area contributed by atoms with Crippen LogP contribution in [0.1, 0.15) is 13.3 Å². The molecule has 0 aromatic carbocycles. The molecule has 46 valence electrons. The van der Waals surface area contributed by atoms with E-state index < -0.39 is 0 Å². The molecule has 0 fully saturated rings. The SMILES string of the molecule is CC1=C(Br)CC(Br)S1. The van der Waals surface area contributed by atoms with Gasteiger partial charge in [0.25, 0.3) is 0 Å². The number of thioether (sulfide) groups is 1. The molecule has 8 heavy (non-hydrogen) atoms. The summed E-state index contributed by atoms with van der Waals surface area (Å²) < 4.78 is 1.96. The fourth-order valence-corrected chi connectivity index (χ4v) is 3.84. The van der Waals surface area contributed by atoms with Gasteiger partial charge in [0.1, 0.15) is 0 Å². The van der Waals surface area contributed by atoms with Crippen molar-refractivity contribution < 1.29 is 0 Å². The van der Waals surface area contributed by atoms with Crippen molar-refractivity contribution >= 4 is 43.6 Å². The van der Waals surface area contributed by atoms with Crippen molar-refractivity contribution in [3.63, 3.8) is 0 Å². The summed E-state index contributed by atoms with van der Waals surface area (Å²) in [5.74, 6) is 0. The number of rotatable bonds is 0. The largest absolute Gasteiger partial charge is 0.115 e. The minimum absolute atomic E-state index is 0.608. The number of halogens is 2. The van der Waals surface area contributed by atoms with Crippen molar-refractivity contribution in [2.45, 2.75) is 17.5 Å². The van der Waals surface area contributed by atoms with Crippen molar-refractivity contribution in [2.75, 3.05) is 0 Å². The van der Waals surface area contributed by atoms with E-state index in [1.54, 1.807) is 0 Å². The van der Waals surface area contributed by atoms with Crippen LogP contribution in [0.15, 0.2) is 9.39 Å². The molecular weight excluding hydrogens is 252 g/mol. The van der Waals surface area contributed by atoms with E-state index in [2.05, 4.69) is 38.8 Å². The van der Waals surface area contributed by atoms with Crippen molar-refractivity contribution in [1.82, 2.24) is 0 Å². The summed E-state index contributed by atoms with van der Waals surface area (Å²) in [4.78, 5) is 1.41. The molecule has 1 unspecified atom stereocenters. The first-order valence-electron chi connectivity index (χ1n) is 2.36. The van der Waals surface area contributed by atoms with Gasteiger partial charge in [0, 0.05) is 10.9 Å². The lowest BCUT2D eigenvalue weighted by atomic mass is 10.4. The summed E-state index contributed by atoms with van der Waals surface area (Å²) in [6.07, 6.45) is 1.14. The highest BCUT2D eigenvalue weighted by molar-refractivity contribution is 9.12. The molecule has 0 radical (unpaired) electrons. The van der Waals surface area contributed by atoms with E-state index >= 15 is 0 Å². The van der Waals surface area contributed by atoms with Crippen LogP contribution in [0.5, 0.6) is 0 Å². The maximum Gasteiger partial charge on any atom is 0.0689 e. The fraction of sp³-hybridized carbons (Fsp3) is 0.600. The van der Waals surface area contributed by atoms with E-state index in [0.717, 1.165) is 6.42 Å². The first-order valence-corrected chi connectivity index (χ1v) is 4.95. The van der Waals surface area contributed by atoms with Crippen LogP contribution in [-0.2, 0) is 0 Å². The summed E-state index contributed by atoms with van der Waals surface area (Å²) >= 11 is 8.86. The molecule has 3 heteroatoms. The summed E-state index contributed by atoms with van der Waals surface area (Å²) in [5.41, 5.74) is 0. The molecule has 1 aliphatic heterocycles. The summed E-state index contributed by atoms with van der Waals surface area (Å²) in [6.45, 7) is 2.13. The van der Waals surface area contributed by atoms with Crippen molar-refractivity contribution in [3.05, 3.63) is 9.39 Å². The van der Waals surface area contributed by atoms with Gasteiger partial charge < -0.3 is 0 Å². The molecule has 0 saturated heterocycles. The highest BCUT2D eigenvalue weighted by Gasteiger charge is 2.16. The van der Waals surface area contributed by atoms with E-state index in [4.69, 9.17) is 0 Å². The molecule has 0 aromatic heterocycles. The van der Waals surface area contributed by atoms with Gasteiger partial charge in [0.2, 0.25) is 0 Å². The number of allylic oxidation sites excluding steroid dienone is 2. The molecule has 1 atom stereocenters. The Morgan fingerprint density at radius 1 is 1.75 bits per heavy atom. The van der Waals surface area contributed by atoms with Crippen LogP contribution in [0.25, 0.3) is 0 Å². The topological polar surface area (TPSA) is 0 Å². The molecular formula is C5H6Br2S. The van der Waals surface area contributed by atoms with Gasteiger partial charge in [-0.25, -0.2) is 0 Å². The van der Waals surface area contributed by atoms with Crippen LogP contribution in [-0.4, -0.2) is 4.16 Å². The second-order valence-electron chi connectivity index (χ2n) is 1.69. The van der Waals surface area contributed by atoms with Gasteiger partial charge in [-0.2, -0.15) is 0 Å². The Hall–Kier alpha value is 1.05. The van der Waals surface area contributed by atoms with Crippen LogP contribution < -0.4 is 0 Å². The van der Waals surface area contributed by atoms with Gasteiger partial charge >= 0.3 is 0 Å². The second kappa shape index (κ2) is 2.76. The predicted molar refractivity (Wildman–Crippen MR) is 46.6 cm³/mol. The fourth-order valence-electron chi connectivity index (χ4n) is 0.582. The van der Waals surface area contributed by atoms with E-state index in [-0.39, 0.29) is 0 Å². The lowest BCUT2D eigenvalue weighted by molar-refractivity contribution is 1.20. The number of hydrogen-bond acceptors (Lipinski definition) is 1. The van der Waals surface area contributed by atoms with E-state index in [1.165, 1.54) is 9.39 Å². The van der Waals surface area contributed by atoms with Crippen LogP contribution in [0.2, 0.25) is 0 Å². The van der Waals surface area contributed by atoms with Gasteiger partial charge in [-0.15, -0.1) is 11.8 Å². The molecule has 0 spiro atoms. The predicted octanol–water partition coefficient (Wildman–Crippen LogP) is 3.47. The minimum Gasteiger partial charge on any atom is -0.115 e. The Bertz CT molecular complexity index is 116. The smallest absolute Gasteiger partial charge is 0.0689 e. The quantitative estimate of drug-likeness (QED) is 0.599. The first kappa shape index (κ1) is 7.16. The normalized spacial score (nSPS) is 29.6. The Kier molecular flexibility index (Phi) is 2.47. The second-order valence-corrected chi connectivity index (χ2v) is 5.78. The molecule has 1 aliphatic rings. The van der Waals surface area contributed by atoms with Crippen LogP contribution in [0.4, 0.5) is 0 Å². The van der Waals surface area contributed by atoms with Crippen molar-refractivity contribution in [3.8, 4) is 0 Å². The lowest BCUT2D eigenvalue weighted by Crippen LogP contribution is -1.78. The van der Waals surface area contributed by atoms with E-state index in [9.17, 15) is 0 Å².